The van der Waals surface area contributed by atoms with Crippen LogP contribution in [0.3, 0.4) is 0 Å². The number of carbonyl (C=O) groups excluding carboxylic acids is 2. The summed E-state index contributed by atoms with van der Waals surface area (Å²) in [7, 11) is 0. The number of nitrogens with two attached hydrogens (primary N) is 3. The Morgan fingerprint density at radius 2 is 1.81 bits per heavy atom. The van der Waals surface area contributed by atoms with Crippen molar-refractivity contribution in [1.82, 2.24) is 15.6 Å². The lowest BCUT2D eigenvalue weighted by atomic mass is 10.0. The monoisotopic (exact) mass is 463 g/mol. The number of rotatable bonds is 12. The van der Waals surface area contributed by atoms with Crippen LogP contribution < -0.4 is 27.8 Å². The first-order valence-electron chi connectivity index (χ1n) is 10.0. The molecule has 2 amide bonds. The maximum Gasteiger partial charge on any atom is 0.326 e. The molecule has 174 valence electrons. The van der Waals surface area contributed by atoms with Gasteiger partial charge in [-0.25, -0.2) is 4.79 Å². The number of carboxylic acid groups (broad SMARTS) is 1. The van der Waals surface area contributed by atoms with E-state index < -0.39 is 35.9 Å². The molecule has 1 heterocycles. The highest BCUT2D eigenvalue weighted by molar-refractivity contribution is 7.80. The molecule has 2 rings (SSSR count). The molecule has 0 unspecified atom stereocenters. The number of carbonyl (C=O) groups is 3. The molecule has 0 bridgehead atoms. The molecule has 1 aromatic carbocycles. The van der Waals surface area contributed by atoms with E-state index in [1.54, 1.807) is 6.20 Å². The summed E-state index contributed by atoms with van der Waals surface area (Å²) in [5.41, 5.74) is 17.9. The second-order valence-corrected chi connectivity index (χ2v) is 7.63. The third-order valence-electron chi connectivity index (χ3n) is 4.83. The van der Waals surface area contributed by atoms with Crippen LogP contribution in [-0.2, 0) is 20.8 Å². The van der Waals surface area contributed by atoms with Gasteiger partial charge in [0.15, 0.2) is 5.96 Å². The van der Waals surface area contributed by atoms with E-state index in [0.29, 0.717) is 6.42 Å². The molecule has 3 atom stereocenters. The molecule has 0 aliphatic heterocycles. The Morgan fingerprint density at radius 1 is 1.12 bits per heavy atom. The van der Waals surface area contributed by atoms with Gasteiger partial charge in [-0.3, -0.25) is 14.6 Å². The van der Waals surface area contributed by atoms with Crippen LogP contribution in [-0.4, -0.2) is 64.3 Å². The summed E-state index contributed by atoms with van der Waals surface area (Å²) in [5, 5.41) is 15.6. The lowest BCUT2D eigenvalue weighted by molar-refractivity contribution is -0.142. The van der Waals surface area contributed by atoms with Gasteiger partial charge in [-0.15, -0.1) is 0 Å². The molecule has 12 heteroatoms. The molecule has 0 aliphatic rings. The van der Waals surface area contributed by atoms with Crippen molar-refractivity contribution < 1.29 is 19.5 Å². The topological polar surface area (TPSA) is 202 Å². The SMILES string of the molecule is NC(N)=NCCC[C@H](NC(=O)[C@@H](N)CS)C(=O)N[C@@H](Cc1c[nH]c2ccccc12)C(=O)O. The van der Waals surface area contributed by atoms with Crippen molar-refractivity contribution in [3.8, 4) is 0 Å². The van der Waals surface area contributed by atoms with Crippen molar-refractivity contribution in [3.05, 3.63) is 36.0 Å². The molecule has 0 aliphatic carbocycles. The van der Waals surface area contributed by atoms with E-state index in [4.69, 9.17) is 17.2 Å². The number of fused-ring (bicyclic) bond motifs is 1. The second-order valence-electron chi connectivity index (χ2n) is 7.26. The first kappa shape index (κ1) is 25.0. The number of benzene rings is 1. The lowest BCUT2D eigenvalue weighted by Crippen LogP contribution is -2.55. The molecule has 0 fully saturated rings. The summed E-state index contributed by atoms with van der Waals surface area (Å²) < 4.78 is 0. The molecule has 0 saturated heterocycles. The molecular formula is C20H29N7O4S. The van der Waals surface area contributed by atoms with Crippen molar-refractivity contribution in [2.24, 2.45) is 22.2 Å². The maximum atomic E-state index is 12.9. The van der Waals surface area contributed by atoms with Crippen LogP contribution in [0.5, 0.6) is 0 Å². The van der Waals surface area contributed by atoms with Gasteiger partial charge in [0.2, 0.25) is 11.8 Å². The predicted molar refractivity (Wildman–Crippen MR) is 125 cm³/mol. The minimum atomic E-state index is -1.20. The first-order valence-corrected chi connectivity index (χ1v) is 10.7. The van der Waals surface area contributed by atoms with Crippen LogP contribution in [0.1, 0.15) is 18.4 Å². The van der Waals surface area contributed by atoms with Crippen LogP contribution in [0.4, 0.5) is 0 Å². The van der Waals surface area contributed by atoms with E-state index in [-0.39, 0.29) is 31.1 Å². The fraction of sp³-hybridized carbons (Fsp3) is 0.400. The number of nitrogens with zero attached hydrogens (tertiary/aromatic N) is 1. The minimum Gasteiger partial charge on any atom is -0.480 e. The van der Waals surface area contributed by atoms with Crippen molar-refractivity contribution in [2.75, 3.05) is 12.3 Å². The molecule has 2 aromatic rings. The fourth-order valence-electron chi connectivity index (χ4n) is 3.13. The highest BCUT2D eigenvalue weighted by Crippen LogP contribution is 2.19. The second kappa shape index (κ2) is 12.0. The van der Waals surface area contributed by atoms with Gasteiger partial charge in [0.1, 0.15) is 12.1 Å². The summed E-state index contributed by atoms with van der Waals surface area (Å²) in [6, 6.07) is 4.34. The molecule has 0 spiro atoms. The number of amides is 2. The van der Waals surface area contributed by atoms with Crippen LogP contribution in [0, 0.1) is 0 Å². The number of aromatic nitrogens is 1. The Hall–Kier alpha value is -3.25. The van der Waals surface area contributed by atoms with Crippen LogP contribution in [0.2, 0.25) is 0 Å². The summed E-state index contributed by atoms with van der Waals surface area (Å²) in [5.74, 6) is -2.39. The quantitative estimate of drug-likeness (QED) is 0.0859. The van der Waals surface area contributed by atoms with E-state index >= 15 is 0 Å². The molecule has 0 radical (unpaired) electrons. The number of aliphatic imine (C=N–C) groups is 1. The highest BCUT2D eigenvalue weighted by Gasteiger charge is 2.28. The Bertz CT molecular complexity index is 974. The Morgan fingerprint density at radius 3 is 2.47 bits per heavy atom. The highest BCUT2D eigenvalue weighted by atomic mass is 32.1. The van der Waals surface area contributed by atoms with Gasteiger partial charge < -0.3 is 37.9 Å². The third-order valence-corrected chi connectivity index (χ3v) is 5.22. The summed E-state index contributed by atoms with van der Waals surface area (Å²) in [4.78, 5) is 43.9. The third kappa shape index (κ3) is 7.17. The zero-order valence-corrected chi connectivity index (χ0v) is 18.3. The van der Waals surface area contributed by atoms with Gasteiger partial charge in [0.25, 0.3) is 0 Å². The molecule has 1 aromatic heterocycles. The largest absolute Gasteiger partial charge is 0.480 e. The van der Waals surface area contributed by atoms with Crippen LogP contribution >= 0.6 is 12.6 Å². The number of thiol groups is 1. The van der Waals surface area contributed by atoms with Crippen molar-refractivity contribution >= 4 is 47.3 Å². The van der Waals surface area contributed by atoms with E-state index in [1.165, 1.54) is 0 Å². The fourth-order valence-corrected chi connectivity index (χ4v) is 3.29. The minimum absolute atomic E-state index is 0.0654. The zero-order valence-electron chi connectivity index (χ0n) is 17.5. The van der Waals surface area contributed by atoms with E-state index in [2.05, 4.69) is 33.2 Å². The van der Waals surface area contributed by atoms with Crippen LogP contribution in [0.25, 0.3) is 10.9 Å². The molecule has 11 nitrogen and oxygen atoms in total. The van der Waals surface area contributed by atoms with Gasteiger partial charge in [-0.05, 0) is 24.5 Å². The lowest BCUT2D eigenvalue weighted by Gasteiger charge is -2.22. The zero-order chi connectivity index (χ0) is 23.7. The summed E-state index contributed by atoms with van der Waals surface area (Å²) in [6.45, 7) is 0.248. The van der Waals surface area contributed by atoms with Crippen molar-refractivity contribution in [3.63, 3.8) is 0 Å². The van der Waals surface area contributed by atoms with Gasteiger partial charge in [-0.1, -0.05) is 18.2 Å². The Labute approximate surface area is 190 Å². The molecule has 10 N–H and O–H groups in total. The smallest absolute Gasteiger partial charge is 0.326 e. The number of nitrogens with one attached hydrogen (secondary N) is 3. The van der Waals surface area contributed by atoms with E-state index in [1.807, 2.05) is 24.3 Å². The molecular weight excluding hydrogens is 434 g/mol. The average Bonchev–Trinajstić information content (AvgIpc) is 3.17. The number of guanidine groups is 1. The number of H-pyrrole nitrogens is 1. The van der Waals surface area contributed by atoms with Gasteiger partial charge in [0, 0.05) is 35.8 Å². The maximum absolute atomic E-state index is 12.9. The van der Waals surface area contributed by atoms with Crippen molar-refractivity contribution in [2.45, 2.75) is 37.4 Å². The van der Waals surface area contributed by atoms with Gasteiger partial charge in [-0.2, -0.15) is 12.6 Å². The van der Waals surface area contributed by atoms with Gasteiger partial charge in [0.05, 0.1) is 6.04 Å². The molecule has 32 heavy (non-hydrogen) atoms. The number of carboxylic acids is 1. The Balaban J connectivity index is 2.12. The van der Waals surface area contributed by atoms with Gasteiger partial charge >= 0.3 is 5.97 Å². The van der Waals surface area contributed by atoms with Crippen LogP contribution in [0.15, 0.2) is 35.5 Å². The number of para-hydroxylation sites is 1. The number of aromatic amines is 1. The standard InChI is InChI=1S/C20H29N7O4S/c21-13(10-32)17(28)26-15(6-3-7-24-20(22)23)18(29)27-16(19(30)31)8-11-9-25-14-5-2-1-4-12(11)14/h1-2,4-5,9,13,15-16,25,32H,3,6-8,10,21H2,(H,26,28)(H,27,29)(H,30,31)(H4,22,23,24)/t13-,15-,16-/m0/s1. The van der Waals surface area contributed by atoms with E-state index in [9.17, 15) is 19.5 Å². The van der Waals surface area contributed by atoms with Crippen molar-refractivity contribution in [1.29, 1.82) is 0 Å². The predicted octanol–water partition coefficient (Wildman–Crippen LogP) is -0.925. The molecule has 0 saturated carbocycles. The normalized spacial score (nSPS) is 13.7. The van der Waals surface area contributed by atoms with E-state index in [0.717, 1.165) is 16.5 Å². The number of hydrogen-bond acceptors (Lipinski definition) is 6. The first-order chi connectivity index (χ1) is 15.2. The summed E-state index contributed by atoms with van der Waals surface area (Å²) in [6.07, 6.45) is 2.35. The Kier molecular flexibility index (Phi) is 9.35. The number of hydrogen-bond donors (Lipinski definition) is 8. The average molecular weight is 464 g/mol. The summed E-state index contributed by atoms with van der Waals surface area (Å²) >= 11 is 3.99. The number of aliphatic carboxylic acids is 1.